The van der Waals surface area contributed by atoms with Gasteiger partial charge in [0, 0.05) is 11.9 Å². The number of benzene rings is 1. The van der Waals surface area contributed by atoms with Crippen molar-refractivity contribution in [2.24, 2.45) is 5.92 Å². The van der Waals surface area contributed by atoms with Gasteiger partial charge in [-0.3, -0.25) is 0 Å². The van der Waals surface area contributed by atoms with E-state index >= 15 is 0 Å². The lowest BCUT2D eigenvalue weighted by molar-refractivity contribution is 0.383. The minimum Gasteiger partial charge on any atom is -0.493 e. The van der Waals surface area contributed by atoms with Crippen molar-refractivity contribution in [3.63, 3.8) is 0 Å². The lowest BCUT2D eigenvalue weighted by atomic mass is 10.1. The number of nitrogens with zero attached hydrogens (tertiary/aromatic N) is 1. The van der Waals surface area contributed by atoms with E-state index in [1.165, 1.54) is 19.5 Å². The molecule has 0 bridgehead atoms. The van der Waals surface area contributed by atoms with Crippen molar-refractivity contribution in [1.82, 2.24) is 10.2 Å². The van der Waals surface area contributed by atoms with Crippen LogP contribution in [0.4, 0.5) is 0 Å². The van der Waals surface area contributed by atoms with Gasteiger partial charge in [-0.2, -0.15) is 0 Å². The molecule has 4 nitrogen and oxygen atoms in total. The monoisotopic (exact) mass is 274 g/mol. The molecule has 4 heteroatoms. The van der Waals surface area contributed by atoms with Crippen molar-refractivity contribution >= 4 is 11.0 Å². The van der Waals surface area contributed by atoms with Crippen LogP contribution in [0.15, 0.2) is 28.7 Å². The second-order valence-electron chi connectivity index (χ2n) is 5.64. The second kappa shape index (κ2) is 5.85. The fourth-order valence-electron chi connectivity index (χ4n) is 2.93. The molecule has 1 N–H and O–H groups in total. The van der Waals surface area contributed by atoms with Crippen LogP contribution in [0.3, 0.4) is 0 Å². The summed E-state index contributed by atoms with van der Waals surface area (Å²) in [5.74, 6) is 2.53. The highest BCUT2D eigenvalue weighted by Gasteiger charge is 2.18. The molecule has 1 aromatic carbocycles. The number of hydrogen-bond acceptors (Lipinski definition) is 4. The number of furan rings is 1. The number of fused-ring (bicyclic) bond motifs is 1. The smallest absolute Gasteiger partial charge is 0.176 e. The lowest BCUT2D eigenvalue weighted by Crippen LogP contribution is -2.24. The Morgan fingerprint density at radius 2 is 2.35 bits per heavy atom. The van der Waals surface area contributed by atoms with E-state index in [9.17, 15) is 0 Å². The molecular weight excluding hydrogens is 252 g/mol. The molecule has 1 atom stereocenters. The summed E-state index contributed by atoms with van der Waals surface area (Å²) in [6.45, 7) is 4.24. The molecule has 2 aromatic rings. The summed E-state index contributed by atoms with van der Waals surface area (Å²) in [7, 11) is 3.86. The van der Waals surface area contributed by atoms with Crippen molar-refractivity contribution in [2.45, 2.75) is 13.0 Å². The maximum atomic E-state index is 5.88. The highest BCUT2D eigenvalue weighted by atomic mass is 16.5. The number of para-hydroxylation sites is 1. The SMILES string of the molecule is COc1cccc2cc(CNCC3CCN(C)C3)oc12. The zero-order valence-electron chi connectivity index (χ0n) is 12.2. The molecule has 1 saturated heterocycles. The third-order valence-electron chi connectivity index (χ3n) is 4.00. The maximum absolute atomic E-state index is 5.88. The second-order valence-corrected chi connectivity index (χ2v) is 5.64. The Bertz CT molecular complexity index is 579. The summed E-state index contributed by atoms with van der Waals surface area (Å²) < 4.78 is 11.2. The van der Waals surface area contributed by atoms with E-state index in [-0.39, 0.29) is 0 Å². The van der Waals surface area contributed by atoms with Gasteiger partial charge in [0.2, 0.25) is 0 Å². The molecule has 2 heterocycles. The fourth-order valence-corrected chi connectivity index (χ4v) is 2.93. The molecule has 1 aliphatic rings. The lowest BCUT2D eigenvalue weighted by Gasteiger charge is -2.10. The molecule has 1 fully saturated rings. The number of hydrogen-bond donors (Lipinski definition) is 1. The minimum absolute atomic E-state index is 0.763. The predicted molar refractivity (Wildman–Crippen MR) is 80.1 cm³/mol. The van der Waals surface area contributed by atoms with Crippen molar-refractivity contribution in [2.75, 3.05) is 33.8 Å². The van der Waals surface area contributed by atoms with E-state index in [0.29, 0.717) is 0 Å². The van der Waals surface area contributed by atoms with Gasteiger partial charge >= 0.3 is 0 Å². The van der Waals surface area contributed by atoms with Gasteiger partial charge in [-0.15, -0.1) is 0 Å². The first-order valence-corrected chi connectivity index (χ1v) is 7.21. The van der Waals surface area contributed by atoms with Crippen LogP contribution >= 0.6 is 0 Å². The number of rotatable bonds is 5. The van der Waals surface area contributed by atoms with Crippen LogP contribution in [0.25, 0.3) is 11.0 Å². The molecule has 1 aromatic heterocycles. The summed E-state index contributed by atoms with van der Waals surface area (Å²) in [6, 6.07) is 8.06. The average molecular weight is 274 g/mol. The number of likely N-dealkylation sites (tertiary alicyclic amines) is 1. The summed E-state index contributed by atoms with van der Waals surface area (Å²) in [6.07, 6.45) is 1.29. The molecule has 108 valence electrons. The molecule has 0 aliphatic carbocycles. The van der Waals surface area contributed by atoms with E-state index in [4.69, 9.17) is 9.15 Å². The largest absolute Gasteiger partial charge is 0.493 e. The van der Waals surface area contributed by atoms with Crippen LogP contribution in [0.2, 0.25) is 0 Å². The van der Waals surface area contributed by atoms with Crippen molar-refractivity contribution in [1.29, 1.82) is 0 Å². The van der Waals surface area contributed by atoms with Gasteiger partial charge in [0.25, 0.3) is 0 Å². The van der Waals surface area contributed by atoms with Crippen LogP contribution in [0, 0.1) is 5.92 Å². The van der Waals surface area contributed by atoms with Gasteiger partial charge in [0.15, 0.2) is 11.3 Å². The molecule has 0 radical (unpaired) electrons. The molecule has 0 amide bonds. The first-order valence-electron chi connectivity index (χ1n) is 7.21. The van der Waals surface area contributed by atoms with Gasteiger partial charge in [0.05, 0.1) is 13.7 Å². The van der Waals surface area contributed by atoms with E-state index in [1.54, 1.807) is 7.11 Å². The molecule has 3 rings (SSSR count). The molecular formula is C16H22N2O2. The number of nitrogens with one attached hydrogen (secondary N) is 1. The van der Waals surface area contributed by atoms with Gasteiger partial charge in [0.1, 0.15) is 5.76 Å². The Morgan fingerprint density at radius 3 is 3.10 bits per heavy atom. The maximum Gasteiger partial charge on any atom is 0.176 e. The highest BCUT2D eigenvalue weighted by molar-refractivity contribution is 5.83. The van der Waals surface area contributed by atoms with Gasteiger partial charge in [-0.1, -0.05) is 12.1 Å². The Balaban J connectivity index is 1.60. The van der Waals surface area contributed by atoms with E-state index < -0.39 is 0 Å². The Hall–Kier alpha value is -1.52. The standard InChI is InChI=1S/C16H22N2O2/c1-18-7-6-12(11-18)9-17-10-14-8-13-4-3-5-15(19-2)16(13)20-14/h3-5,8,12,17H,6-7,9-11H2,1-2H3. The van der Waals surface area contributed by atoms with Gasteiger partial charge < -0.3 is 19.4 Å². The quantitative estimate of drug-likeness (QED) is 0.909. The first-order chi connectivity index (χ1) is 9.76. The highest BCUT2D eigenvalue weighted by Crippen LogP contribution is 2.28. The number of methoxy groups -OCH3 is 1. The summed E-state index contributed by atoms with van der Waals surface area (Å²) in [5.41, 5.74) is 0.840. The molecule has 0 saturated carbocycles. The summed E-state index contributed by atoms with van der Waals surface area (Å²) in [4.78, 5) is 2.39. The zero-order chi connectivity index (χ0) is 13.9. The predicted octanol–water partition coefficient (Wildman–Crippen LogP) is 2.48. The normalized spacial score (nSPS) is 19.8. The van der Waals surface area contributed by atoms with E-state index in [0.717, 1.165) is 41.5 Å². The first kappa shape index (κ1) is 13.5. The molecule has 20 heavy (non-hydrogen) atoms. The third kappa shape index (κ3) is 2.81. The van der Waals surface area contributed by atoms with Crippen molar-refractivity contribution < 1.29 is 9.15 Å². The molecule has 1 aliphatic heterocycles. The van der Waals surface area contributed by atoms with Gasteiger partial charge in [-0.25, -0.2) is 0 Å². The summed E-state index contributed by atoms with van der Waals surface area (Å²) >= 11 is 0. The van der Waals surface area contributed by atoms with Crippen LogP contribution < -0.4 is 10.1 Å². The van der Waals surface area contributed by atoms with Gasteiger partial charge in [-0.05, 0) is 44.6 Å². The fraction of sp³-hybridized carbons (Fsp3) is 0.500. The van der Waals surface area contributed by atoms with Crippen molar-refractivity contribution in [3.05, 3.63) is 30.0 Å². The number of ether oxygens (including phenoxy) is 1. The minimum atomic E-state index is 0.763. The van der Waals surface area contributed by atoms with E-state index in [1.807, 2.05) is 12.1 Å². The Kier molecular flexibility index (Phi) is 3.94. The van der Waals surface area contributed by atoms with E-state index in [2.05, 4.69) is 29.4 Å². The van der Waals surface area contributed by atoms with Crippen LogP contribution in [-0.2, 0) is 6.54 Å². The zero-order valence-corrected chi connectivity index (χ0v) is 12.2. The van der Waals surface area contributed by atoms with Crippen molar-refractivity contribution in [3.8, 4) is 5.75 Å². The van der Waals surface area contributed by atoms with Crippen LogP contribution in [0.1, 0.15) is 12.2 Å². The molecule has 1 unspecified atom stereocenters. The van der Waals surface area contributed by atoms with Crippen LogP contribution in [0.5, 0.6) is 5.75 Å². The Morgan fingerprint density at radius 1 is 1.45 bits per heavy atom. The average Bonchev–Trinajstić information content (AvgIpc) is 3.04. The summed E-state index contributed by atoms with van der Waals surface area (Å²) in [5, 5.41) is 4.60. The molecule has 0 spiro atoms. The third-order valence-corrected chi connectivity index (χ3v) is 4.00. The Labute approximate surface area is 119 Å². The topological polar surface area (TPSA) is 37.6 Å². The van der Waals surface area contributed by atoms with Crippen LogP contribution in [-0.4, -0.2) is 38.7 Å².